The van der Waals surface area contributed by atoms with Crippen LogP contribution >= 0.6 is 11.6 Å². The normalized spacial score (nSPS) is 14.5. The van der Waals surface area contributed by atoms with Crippen LogP contribution in [0.15, 0.2) is 0 Å². The number of nitrogens with one attached hydrogen (secondary N) is 1. The van der Waals surface area contributed by atoms with Crippen molar-refractivity contribution in [3.05, 3.63) is 5.21 Å². The lowest BCUT2D eigenvalue weighted by Crippen LogP contribution is -3.04. The lowest BCUT2D eigenvalue weighted by Gasteiger charge is -2.12. The van der Waals surface area contributed by atoms with Crippen LogP contribution in [0.3, 0.4) is 0 Å². The molecule has 1 unspecified atom stereocenters. The molecular formula is C3H8ClNO. The lowest BCUT2D eigenvalue weighted by atomic mass is 10.8. The standard InChI is InChI=1S/C3H8ClNO/c1-5(6)3-2-4/h5H,2-3H2,1H3. The average molecular weight is 110 g/mol. The van der Waals surface area contributed by atoms with E-state index in [0.717, 1.165) is 0 Å². The smallest absolute Gasteiger partial charge is 0.0903 e. The van der Waals surface area contributed by atoms with Crippen molar-refractivity contribution in [3.63, 3.8) is 0 Å². The third-order valence-corrected chi connectivity index (χ3v) is 0.636. The van der Waals surface area contributed by atoms with Crippen LogP contribution in [0.1, 0.15) is 0 Å². The van der Waals surface area contributed by atoms with Crippen molar-refractivity contribution in [2.24, 2.45) is 0 Å². The summed E-state index contributed by atoms with van der Waals surface area (Å²) in [4.78, 5) is 0. The Balaban J connectivity index is 2.63. The van der Waals surface area contributed by atoms with Crippen LogP contribution in [0.25, 0.3) is 0 Å². The molecule has 0 aliphatic heterocycles. The van der Waals surface area contributed by atoms with Gasteiger partial charge in [0.1, 0.15) is 0 Å². The largest absolute Gasteiger partial charge is 0.634 e. The summed E-state index contributed by atoms with van der Waals surface area (Å²) in [5.41, 5.74) is 0. The molecule has 0 saturated heterocycles. The number of alkyl halides is 1. The summed E-state index contributed by atoms with van der Waals surface area (Å²) in [6, 6.07) is 0. The van der Waals surface area contributed by atoms with Crippen molar-refractivity contribution in [3.8, 4) is 0 Å². The van der Waals surface area contributed by atoms with Crippen LogP contribution in [0.5, 0.6) is 0 Å². The minimum absolute atomic E-state index is 0.157. The highest BCUT2D eigenvalue weighted by atomic mass is 35.5. The first-order valence-electron chi connectivity index (χ1n) is 1.82. The first-order valence-corrected chi connectivity index (χ1v) is 2.36. The van der Waals surface area contributed by atoms with Crippen molar-refractivity contribution < 1.29 is 5.06 Å². The Morgan fingerprint density at radius 3 is 2.33 bits per heavy atom. The Morgan fingerprint density at radius 1 is 1.83 bits per heavy atom. The van der Waals surface area contributed by atoms with E-state index in [-0.39, 0.29) is 5.06 Å². The topological polar surface area (TPSA) is 27.5 Å². The molecule has 2 nitrogen and oxygen atoms in total. The van der Waals surface area contributed by atoms with E-state index in [2.05, 4.69) is 0 Å². The number of hydroxylamine groups is 2. The van der Waals surface area contributed by atoms with Crippen LogP contribution in [0, 0.1) is 5.21 Å². The fraction of sp³-hybridized carbons (Fsp3) is 1.00. The molecule has 3 heteroatoms. The molecule has 0 amide bonds. The van der Waals surface area contributed by atoms with E-state index in [1.807, 2.05) is 0 Å². The van der Waals surface area contributed by atoms with Gasteiger partial charge in [-0.1, -0.05) is 0 Å². The second-order valence-corrected chi connectivity index (χ2v) is 1.52. The van der Waals surface area contributed by atoms with Crippen molar-refractivity contribution in [1.29, 1.82) is 0 Å². The molecular weight excluding hydrogens is 101 g/mol. The average Bonchev–Trinajstić information content (AvgIpc) is 1.35. The van der Waals surface area contributed by atoms with Crippen molar-refractivity contribution in [2.45, 2.75) is 0 Å². The maximum atomic E-state index is 9.96. The second kappa shape index (κ2) is 3.40. The van der Waals surface area contributed by atoms with Crippen molar-refractivity contribution in [2.75, 3.05) is 19.5 Å². The zero-order valence-corrected chi connectivity index (χ0v) is 4.46. The van der Waals surface area contributed by atoms with Gasteiger partial charge in [-0.15, -0.1) is 11.6 Å². The molecule has 0 spiro atoms. The van der Waals surface area contributed by atoms with Gasteiger partial charge in [0.2, 0.25) is 0 Å². The zero-order valence-electron chi connectivity index (χ0n) is 3.70. The summed E-state index contributed by atoms with van der Waals surface area (Å²) < 4.78 is 0. The van der Waals surface area contributed by atoms with Crippen LogP contribution < -0.4 is 5.06 Å². The van der Waals surface area contributed by atoms with Gasteiger partial charge in [-0.05, 0) is 0 Å². The fourth-order valence-electron chi connectivity index (χ4n) is 0.133. The summed E-state index contributed by atoms with van der Waals surface area (Å²) in [7, 11) is 1.53. The molecule has 0 aromatic heterocycles. The quantitative estimate of drug-likeness (QED) is 0.366. The molecule has 0 heterocycles. The summed E-state index contributed by atoms with van der Waals surface area (Å²) in [5.74, 6) is 0.454. The first-order chi connectivity index (χ1) is 2.77. The number of rotatable bonds is 2. The predicted molar refractivity (Wildman–Crippen MR) is 25.8 cm³/mol. The van der Waals surface area contributed by atoms with E-state index in [9.17, 15) is 5.21 Å². The van der Waals surface area contributed by atoms with E-state index in [0.29, 0.717) is 12.4 Å². The van der Waals surface area contributed by atoms with Crippen LogP contribution in [-0.2, 0) is 0 Å². The Hall–Kier alpha value is 0.210. The van der Waals surface area contributed by atoms with Crippen molar-refractivity contribution >= 4 is 11.6 Å². The highest BCUT2D eigenvalue weighted by Gasteiger charge is 1.79. The third-order valence-electron chi connectivity index (χ3n) is 0.447. The Morgan fingerprint density at radius 2 is 2.33 bits per heavy atom. The molecule has 0 radical (unpaired) electrons. The fourth-order valence-corrected chi connectivity index (χ4v) is 0.399. The maximum Gasteiger partial charge on any atom is 0.0903 e. The Labute approximate surface area is 42.3 Å². The summed E-state index contributed by atoms with van der Waals surface area (Å²) in [5, 5.41) is 10.1. The predicted octanol–water partition coefficient (Wildman–Crippen LogP) is -0.762. The summed E-state index contributed by atoms with van der Waals surface area (Å²) in [6.45, 7) is 0.502. The van der Waals surface area contributed by atoms with Crippen LogP contribution in [-0.4, -0.2) is 19.5 Å². The highest BCUT2D eigenvalue weighted by molar-refractivity contribution is 6.17. The van der Waals surface area contributed by atoms with Gasteiger partial charge in [-0.25, -0.2) is 0 Å². The molecule has 1 atom stereocenters. The van der Waals surface area contributed by atoms with Gasteiger partial charge in [-0.2, -0.15) is 0 Å². The van der Waals surface area contributed by atoms with Gasteiger partial charge in [0.05, 0.1) is 19.5 Å². The summed E-state index contributed by atoms with van der Waals surface area (Å²) in [6.07, 6.45) is 0. The lowest BCUT2D eigenvalue weighted by molar-refractivity contribution is -0.822. The van der Waals surface area contributed by atoms with Gasteiger partial charge in [0.25, 0.3) is 0 Å². The molecule has 38 valence electrons. The molecule has 1 N–H and O–H groups in total. The molecule has 0 fully saturated rings. The molecule has 6 heavy (non-hydrogen) atoms. The minimum Gasteiger partial charge on any atom is -0.634 e. The van der Waals surface area contributed by atoms with E-state index >= 15 is 0 Å². The Bertz CT molecular complexity index is 32.0. The Kier molecular flexibility index (Phi) is 3.52. The molecule has 0 aliphatic carbocycles. The molecule has 0 rings (SSSR count). The molecule has 0 saturated carbocycles. The van der Waals surface area contributed by atoms with E-state index in [1.165, 1.54) is 7.05 Å². The number of quaternary nitrogens is 1. The van der Waals surface area contributed by atoms with E-state index < -0.39 is 0 Å². The zero-order chi connectivity index (χ0) is 4.99. The van der Waals surface area contributed by atoms with Crippen LogP contribution in [0.4, 0.5) is 0 Å². The van der Waals surface area contributed by atoms with Gasteiger partial charge < -0.3 is 10.3 Å². The molecule has 0 aliphatic rings. The van der Waals surface area contributed by atoms with Gasteiger partial charge in [0.15, 0.2) is 0 Å². The van der Waals surface area contributed by atoms with E-state index in [4.69, 9.17) is 11.6 Å². The van der Waals surface area contributed by atoms with Gasteiger partial charge in [-0.3, -0.25) is 0 Å². The number of hydrogen-bond acceptors (Lipinski definition) is 1. The first kappa shape index (κ1) is 6.21. The van der Waals surface area contributed by atoms with Gasteiger partial charge in [0, 0.05) is 0 Å². The molecule has 0 bridgehead atoms. The molecule has 0 aromatic rings. The van der Waals surface area contributed by atoms with Crippen LogP contribution in [0.2, 0.25) is 0 Å². The SMILES string of the molecule is C[NH+]([O-])CCCl. The van der Waals surface area contributed by atoms with Crippen molar-refractivity contribution in [1.82, 2.24) is 0 Å². The second-order valence-electron chi connectivity index (χ2n) is 1.14. The number of hydrogen-bond donors (Lipinski definition) is 1. The minimum atomic E-state index is 0.157. The summed E-state index contributed by atoms with van der Waals surface area (Å²) >= 11 is 5.18. The van der Waals surface area contributed by atoms with E-state index in [1.54, 1.807) is 0 Å². The third kappa shape index (κ3) is 4.21. The number of halogens is 1. The van der Waals surface area contributed by atoms with Gasteiger partial charge >= 0.3 is 0 Å². The maximum absolute atomic E-state index is 9.96. The monoisotopic (exact) mass is 109 g/mol. The highest BCUT2D eigenvalue weighted by Crippen LogP contribution is 1.61. The molecule has 0 aromatic carbocycles.